The molecule has 0 spiro atoms. The van der Waals surface area contributed by atoms with Gasteiger partial charge >= 0.3 is 11.9 Å². The highest BCUT2D eigenvalue weighted by Gasteiger charge is 2.19. The molecule has 0 amide bonds. The molecular weight excluding hydrogens is 264 g/mol. The van der Waals surface area contributed by atoms with E-state index in [-0.39, 0.29) is 30.8 Å². The number of ether oxygens (including phenoxy) is 2. The lowest BCUT2D eigenvalue weighted by molar-refractivity contribution is -0.141. The van der Waals surface area contributed by atoms with E-state index in [1.165, 1.54) is 6.26 Å². The second-order valence-electron chi connectivity index (χ2n) is 3.96. The fourth-order valence-corrected chi connectivity index (χ4v) is 1.58. The maximum absolute atomic E-state index is 11.5. The van der Waals surface area contributed by atoms with Crippen molar-refractivity contribution in [2.45, 2.75) is 27.2 Å². The molecule has 0 aliphatic heterocycles. The highest BCUT2D eigenvalue weighted by atomic mass is 16.5. The molecule has 1 aromatic rings. The first-order chi connectivity index (χ1) is 9.62. The summed E-state index contributed by atoms with van der Waals surface area (Å²) in [5.74, 6) is -0.910. The van der Waals surface area contributed by atoms with Gasteiger partial charge < -0.3 is 18.8 Å². The standard InChI is InChI=1S/C13H20N2O5/c1-4-7-15(8-11(16)18-5-2)13-14-10(9-20-13)12(17)19-6-3/h9H,4-8H2,1-3H3. The molecule has 20 heavy (non-hydrogen) atoms. The van der Waals surface area contributed by atoms with E-state index in [0.29, 0.717) is 13.2 Å². The van der Waals surface area contributed by atoms with Gasteiger partial charge in [-0.15, -0.1) is 0 Å². The van der Waals surface area contributed by atoms with Gasteiger partial charge in [0.2, 0.25) is 0 Å². The summed E-state index contributed by atoms with van der Waals surface area (Å²) >= 11 is 0. The van der Waals surface area contributed by atoms with Crippen molar-refractivity contribution in [2.75, 3.05) is 31.2 Å². The molecule has 112 valence electrons. The van der Waals surface area contributed by atoms with Crippen LogP contribution in [0.25, 0.3) is 0 Å². The molecule has 0 saturated carbocycles. The van der Waals surface area contributed by atoms with Gasteiger partial charge in [0.25, 0.3) is 6.01 Å². The largest absolute Gasteiger partial charge is 0.465 e. The van der Waals surface area contributed by atoms with Crippen molar-refractivity contribution in [1.82, 2.24) is 4.98 Å². The lowest BCUT2D eigenvalue weighted by atomic mass is 10.4. The van der Waals surface area contributed by atoms with Gasteiger partial charge in [-0.3, -0.25) is 4.79 Å². The first kappa shape index (κ1) is 16.0. The van der Waals surface area contributed by atoms with Gasteiger partial charge in [-0.05, 0) is 20.3 Å². The van der Waals surface area contributed by atoms with Crippen LogP contribution >= 0.6 is 0 Å². The van der Waals surface area contributed by atoms with Crippen LogP contribution in [0.5, 0.6) is 0 Å². The molecule has 0 radical (unpaired) electrons. The van der Waals surface area contributed by atoms with Crippen LogP contribution in [-0.2, 0) is 14.3 Å². The van der Waals surface area contributed by atoms with E-state index in [1.807, 2.05) is 6.92 Å². The summed E-state index contributed by atoms with van der Waals surface area (Å²) in [6.07, 6.45) is 2.03. The number of rotatable bonds is 8. The van der Waals surface area contributed by atoms with Gasteiger partial charge in [0.05, 0.1) is 13.2 Å². The van der Waals surface area contributed by atoms with Crippen LogP contribution in [0.3, 0.4) is 0 Å². The summed E-state index contributed by atoms with van der Waals surface area (Å²) in [7, 11) is 0. The smallest absolute Gasteiger partial charge is 0.360 e. The third-order valence-electron chi connectivity index (χ3n) is 2.37. The molecule has 0 aliphatic carbocycles. The number of carbonyl (C=O) groups excluding carboxylic acids is 2. The Balaban J connectivity index is 2.76. The van der Waals surface area contributed by atoms with Gasteiger partial charge in [0.1, 0.15) is 12.8 Å². The lowest BCUT2D eigenvalue weighted by Crippen LogP contribution is -2.32. The fourth-order valence-electron chi connectivity index (χ4n) is 1.58. The summed E-state index contributed by atoms with van der Waals surface area (Å²) in [5.41, 5.74) is 0.0896. The molecule has 7 heteroatoms. The molecule has 0 aliphatic rings. The van der Waals surface area contributed by atoms with Crippen LogP contribution in [0.15, 0.2) is 10.7 Å². The van der Waals surface area contributed by atoms with Gasteiger partial charge in [-0.1, -0.05) is 6.92 Å². The van der Waals surface area contributed by atoms with Crippen LogP contribution < -0.4 is 4.90 Å². The van der Waals surface area contributed by atoms with Crippen molar-refractivity contribution in [3.63, 3.8) is 0 Å². The number of oxazole rings is 1. The minimum Gasteiger partial charge on any atom is -0.465 e. The van der Waals surface area contributed by atoms with E-state index in [9.17, 15) is 9.59 Å². The Morgan fingerprint density at radius 2 is 1.95 bits per heavy atom. The van der Waals surface area contributed by atoms with E-state index in [2.05, 4.69) is 4.98 Å². The van der Waals surface area contributed by atoms with Crippen LogP contribution in [0.4, 0.5) is 6.01 Å². The quantitative estimate of drug-likeness (QED) is 0.671. The van der Waals surface area contributed by atoms with Gasteiger partial charge in [0.15, 0.2) is 5.69 Å². The Morgan fingerprint density at radius 3 is 2.55 bits per heavy atom. The number of nitrogens with zero attached hydrogens (tertiary/aromatic N) is 2. The van der Waals surface area contributed by atoms with Crippen LogP contribution in [0.1, 0.15) is 37.7 Å². The normalized spacial score (nSPS) is 10.2. The van der Waals surface area contributed by atoms with Crippen molar-refractivity contribution in [3.05, 3.63) is 12.0 Å². The van der Waals surface area contributed by atoms with Gasteiger partial charge in [-0.2, -0.15) is 4.98 Å². The number of esters is 2. The predicted molar refractivity (Wildman–Crippen MR) is 71.6 cm³/mol. The van der Waals surface area contributed by atoms with E-state index >= 15 is 0 Å². The van der Waals surface area contributed by atoms with Crippen LogP contribution in [0.2, 0.25) is 0 Å². The summed E-state index contributed by atoms with van der Waals surface area (Å²) in [6.45, 7) is 6.61. The zero-order valence-electron chi connectivity index (χ0n) is 12.0. The minimum atomic E-state index is -0.546. The minimum absolute atomic E-state index is 0.0322. The molecule has 0 bridgehead atoms. The summed E-state index contributed by atoms with van der Waals surface area (Å²) < 4.78 is 15.0. The van der Waals surface area contributed by atoms with Crippen molar-refractivity contribution in [1.29, 1.82) is 0 Å². The molecule has 1 rings (SSSR count). The van der Waals surface area contributed by atoms with Crippen molar-refractivity contribution in [3.8, 4) is 0 Å². The van der Waals surface area contributed by atoms with E-state index in [4.69, 9.17) is 13.9 Å². The molecule has 0 saturated heterocycles. The van der Waals surface area contributed by atoms with Crippen molar-refractivity contribution in [2.24, 2.45) is 0 Å². The van der Waals surface area contributed by atoms with E-state index < -0.39 is 5.97 Å². The highest BCUT2D eigenvalue weighted by Crippen LogP contribution is 2.15. The molecule has 0 aromatic carbocycles. The average Bonchev–Trinajstić information content (AvgIpc) is 2.88. The maximum atomic E-state index is 11.5. The Labute approximate surface area is 117 Å². The summed E-state index contributed by atoms with van der Waals surface area (Å²) in [5, 5.41) is 0. The van der Waals surface area contributed by atoms with Crippen LogP contribution in [-0.4, -0.2) is 43.2 Å². The first-order valence-corrected chi connectivity index (χ1v) is 6.65. The molecule has 1 heterocycles. The summed E-state index contributed by atoms with van der Waals surface area (Å²) in [4.78, 5) is 28.7. The molecular formula is C13H20N2O5. The van der Waals surface area contributed by atoms with Crippen molar-refractivity contribution >= 4 is 18.0 Å². The molecule has 0 unspecified atom stereocenters. The topological polar surface area (TPSA) is 81.9 Å². The predicted octanol–water partition coefficient (Wildman–Crippen LogP) is 1.63. The van der Waals surface area contributed by atoms with E-state index in [0.717, 1.165) is 6.42 Å². The molecule has 7 nitrogen and oxygen atoms in total. The van der Waals surface area contributed by atoms with Crippen molar-refractivity contribution < 1.29 is 23.5 Å². The number of hydrogen-bond donors (Lipinski definition) is 0. The third-order valence-corrected chi connectivity index (χ3v) is 2.37. The maximum Gasteiger partial charge on any atom is 0.360 e. The van der Waals surface area contributed by atoms with Gasteiger partial charge in [-0.25, -0.2) is 4.79 Å². The third kappa shape index (κ3) is 4.56. The van der Waals surface area contributed by atoms with Gasteiger partial charge in [0, 0.05) is 6.54 Å². The zero-order chi connectivity index (χ0) is 15.0. The zero-order valence-corrected chi connectivity index (χ0v) is 12.0. The monoisotopic (exact) mass is 284 g/mol. The van der Waals surface area contributed by atoms with E-state index in [1.54, 1.807) is 18.7 Å². The molecule has 0 N–H and O–H groups in total. The number of aromatic nitrogens is 1. The number of anilines is 1. The molecule has 0 atom stereocenters. The average molecular weight is 284 g/mol. The Kier molecular flexibility index (Phi) is 6.55. The Hall–Kier alpha value is -2.05. The molecule has 0 fully saturated rings. The Morgan fingerprint density at radius 1 is 1.25 bits per heavy atom. The summed E-state index contributed by atoms with van der Waals surface area (Å²) in [6, 6.07) is 0.211. The lowest BCUT2D eigenvalue weighted by Gasteiger charge is -2.18. The Bertz CT molecular complexity index is 444. The molecule has 1 aromatic heterocycles. The SMILES string of the molecule is CCCN(CC(=O)OCC)c1nc(C(=O)OCC)co1. The first-order valence-electron chi connectivity index (χ1n) is 6.65. The second kappa shape index (κ2) is 8.19. The highest BCUT2D eigenvalue weighted by molar-refractivity contribution is 5.87. The fraction of sp³-hybridized carbons (Fsp3) is 0.615. The van der Waals surface area contributed by atoms with Crippen LogP contribution in [0, 0.1) is 0 Å². The second-order valence-corrected chi connectivity index (χ2v) is 3.96. The number of carbonyl (C=O) groups is 2. The number of hydrogen-bond acceptors (Lipinski definition) is 7.